The molecule has 1 aromatic rings. The Morgan fingerprint density at radius 3 is 2.78 bits per heavy atom. The molecule has 0 unspecified atom stereocenters. The fraction of sp³-hybridized carbons (Fsp3) is 0.500. The van der Waals surface area contributed by atoms with Crippen LogP contribution in [0.2, 0.25) is 5.02 Å². The lowest BCUT2D eigenvalue weighted by atomic mass is 9.89. The summed E-state index contributed by atoms with van der Waals surface area (Å²) in [6.07, 6.45) is 4.92. The van der Waals surface area contributed by atoms with Gasteiger partial charge in [-0.3, -0.25) is 4.79 Å². The molecule has 0 bridgehead atoms. The average Bonchev–Trinajstić information content (AvgIpc) is 2.77. The van der Waals surface area contributed by atoms with Gasteiger partial charge in [-0.05, 0) is 36.5 Å². The Balaban J connectivity index is 2.01. The number of carbonyl (C=O) groups excluding carboxylic acids is 1. The van der Waals surface area contributed by atoms with Crippen molar-refractivity contribution in [3.63, 3.8) is 0 Å². The van der Waals surface area contributed by atoms with E-state index in [0.717, 1.165) is 11.0 Å². The molecule has 2 nitrogen and oxygen atoms in total. The number of hydrogen-bond donors (Lipinski definition) is 1. The average molecular weight is 331 g/mol. The summed E-state index contributed by atoms with van der Waals surface area (Å²) in [4.78, 5) is 12.1. The zero-order valence-corrected chi connectivity index (χ0v) is 12.8. The predicted octanol–water partition coefficient (Wildman–Crippen LogP) is 4.41. The van der Waals surface area contributed by atoms with Gasteiger partial charge in [0.05, 0.1) is 10.6 Å². The Hall–Kier alpha value is -0.540. The van der Waals surface area contributed by atoms with Crippen molar-refractivity contribution in [3.05, 3.63) is 33.3 Å². The fourth-order valence-electron chi connectivity index (χ4n) is 2.47. The molecule has 2 rings (SSSR count). The summed E-state index contributed by atoms with van der Waals surface area (Å²) in [7, 11) is 0. The summed E-state index contributed by atoms with van der Waals surface area (Å²) in [6, 6.07) is 5.32. The highest BCUT2D eigenvalue weighted by atomic mass is 79.9. The molecule has 1 fully saturated rings. The summed E-state index contributed by atoms with van der Waals surface area (Å²) in [6.45, 7) is 2.97. The quantitative estimate of drug-likeness (QED) is 0.873. The van der Waals surface area contributed by atoms with Crippen LogP contribution in [0.5, 0.6) is 0 Å². The molecule has 0 aliphatic heterocycles. The minimum absolute atomic E-state index is 0.0885. The van der Waals surface area contributed by atoms with Crippen molar-refractivity contribution in [1.29, 1.82) is 0 Å². The second kappa shape index (κ2) is 5.62. The molecule has 0 saturated heterocycles. The minimum atomic E-state index is -0.0885. The lowest BCUT2D eigenvalue weighted by Gasteiger charge is -2.23. The predicted molar refractivity (Wildman–Crippen MR) is 78.1 cm³/mol. The van der Waals surface area contributed by atoms with Crippen molar-refractivity contribution in [2.45, 2.75) is 32.6 Å². The van der Waals surface area contributed by atoms with Gasteiger partial charge in [0.2, 0.25) is 0 Å². The molecule has 1 amide bonds. The molecule has 1 saturated carbocycles. The summed E-state index contributed by atoms with van der Waals surface area (Å²) in [5.41, 5.74) is 0.793. The molecule has 1 aromatic carbocycles. The van der Waals surface area contributed by atoms with Crippen LogP contribution in [0.25, 0.3) is 0 Å². The Morgan fingerprint density at radius 2 is 2.11 bits per heavy atom. The molecule has 1 aliphatic carbocycles. The van der Waals surface area contributed by atoms with Gasteiger partial charge in [-0.15, -0.1) is 0 Å². The van der Waals surface area contributed by atoms with E-state index in [1.165, 1.54) is 25.7 Å². The third-order valence-corrected chi connectivity index (χ3v) is 4.48. The van der Waals surface area contributed by atoms with E-state index in [0.29, 0.717) is 10.6 Å². The maximum absolute atomic E-state index is 12.1. The van der Waals surface area contributed by atoms with Gasteiger partial charge in [-0.25, -0.2) is 0 Å². The Kier molecular flexibility index (Phi) is 4.33. The van der Waals surface area contributed by atoms with Gasteiger partial charge in [0.25, 0.3) is 5.91 Å². The van der Waals surface area contributed by atoms with Gasteiger partial charge in [-0.2, -0.15) is 0 Å². The van der Waals surface area contributed by atoms with Crippen LogP contribution in [0.1, 0.15) is 43.0 Å². The van der Waals surface area contributed by atoms with Crippen LogP contribution >= 0.6 is 27.5 Å². The summed E-state index contributed by atoms with van der Waals surface area (Å²) in [5.74, 6) is -0.0885. The number of rotatable bonds is 3. The third kappa shape index (κ3) is 3.27. The maximum Gasteiger partial charge on any atom is 0.252 e. The van der Waals surface area contributed by atoms with E-state index in [1.54, 1.807) is 12.1 Å². The van der Waals surface area contributed by atoms with Crippen molar-refractivity contribution in [2.24, 2.45) is 5.41 Å². The molecule has 4 heteroatoms. The second-order valence-corrected chi connectivity index (χ2v) is 6.65. The highest BCUT2D eigenvalue weighted by Gasteiger charge is 2.29. The van der Waals surface area contributed by atoms with Crippen LogP contribution in [0.15, 0.2) is 22.7 Å². The van der Waals surface area contributed by atoms with E-state index in [1.807, 2.05) is 6.07 Å². The lowest BCUT2D eigenvalue weighted by Crippen LogP contribution is -2.34. The Labute approximate surface area is 121 Å². The SMILES string of the molecule is CC1(CNC(=O)c2cc(Br)ccc2Cl)CCCC1. The number of benzene rings is 1. The zero-order chi connectivity index (χ0) is 13.2. The first-order chi connectivity index (χ1) is 8.50. The number of amides is 1. The van der Waals surface area contributed by atoms with E-state index in [-0.39, 0.29) is 11.3 Å². The van der Waals surface area contributed by atoms with Crippen molar-refractivity contribution in [2.75, 3.05) is 6.54 Å². The molecule has 0 heterocycles. The molecular weight excluding hydrogens is 314 g/mol. The fourth-order valence-corrected chi connectivity index (χ4v) is 3.03. The van der Waals surface area contributed by atoms with E-state index in [4.69, 9.17) is 11.6 Å². The van der Waals surface area contributed by atoms with Crippen LogP contribution < -0.4 is 5.32 Å². The van der Waals surface area contributed by atoms with Crippen LogP contribution in [0, 0.1) is 5.41 Å². The zero-order valence-electron chi connectivity index (χ0n) is 10.4. The van der Waals surface area contributed by atoms with Gasteiger partial charge in [-0.1, -0.05) is 47.3 Å². The Morgan fingerprint density at radius 1 is 1.44 bits per heavy atom. The number of nitrogens with one attached hydrogen (secondary N) is 1. The van der Waals surface area contributed by atoms with Crippen LogP contribution in [0.3, 0.4) is 0 Å². The van der Waals surface area contributed by atoms with Gasteiger partial charge < -0.3 is 5.32 Å². The van der Waals surface area contributed by atoms with Crippen molar-refractivity contribution < 1.29 is 4.79 Å². The first-order valence-electron chi connectivity index (χ1n) is 6.23. The first kappa shape index (κ1) is 13.9. The van der Waals surface area contributed by atoms with Crippen LogP contribution in [-0.2, 0) is 0 Å². The smallest absolute Gasteiger partial charge is 0.252 e. The normalized spacial score (nSPS) is 17.7. The van der Waals surface area contributed by atoms with Gasteiger partial charge in [0, 0.05) is 11.0 Å². The lowest BCUT2D eigenvalue weighted by molar-refractivity contribution is 0.0934. The van der Waals surface area contributed by atoms with E-state index >= 15 is 0 Å². The molecule has 18 heavy (non-hydrogen) atoms. The van der Waals surface area contributed by atoms with Gasteiger partial charge in [0.15, 0.2) is 0 Å². The molecular formula is C14H17BrClNO. The molecule has 1 aliphatic rings. The molecule has 98 valence electrons. The number of hydrogen-bond acceptors (Lipinski definition) is 1. The van der Waals surface area contributed by atoms with Crippen LogP contribution in [-0.4, -0.2) is 12.5 Å². The highest BCUT2D eigenvalue weighted by Crippen LogP contribution is 2.36. The van der Waals surface area contributed by atoms with Gasteiger partial charge in [0.1, 0.15) is 0 Å². The largest absolute Gasteiger partial charge is 0.351 e. The monoisotopic (exact) mass is 329 g/mol. The highest BCUT2D eigenvalue weighted by molar-refractivity contribution is 9.10. The molecule has 0 radical (unpaired) electrons. The third-order valence-electron chi connectivity index (χ3n) is 3.66. The number of halogens is 2. The topological polar surface area (TPSA) is 29.1 Å². The summed E-state index contributed by atoms with van der Waals surface area (Å²) in [5, 5.41) is 3.50. The van der Waals surface area contributed by atoms with Crippen molar-refractivity contribution in [1.82, 2.24) is 5.32 Å². The second-order valence-electron chi connectivity index (χ2n) is 5.32. The van der Waals surface area contributed by atoms with Crippen molar-refractivity contribution >= 4 is 33.4 Å². The van der Waals surface area contributed by atoms with E-state index in [2.05, 4.69) is 28.2 Å². The van der Waals surface area contributed by atoms with Crippen LogP contribution in [0.4, 0.5) is 0 Å². The van der Waals surface area contributed by atoms with E-state index < -0.39 is 0 Å². The van der Waals surface area contributed by atoms with Gasteiger partial charge >= 0.3 is 0 Å². The van der Waals surface area contributed by atoms with Crippen molar-refractivity contribution in [3.8, 4) is 0 Å². The number of carbonyl (C=O) groups is 1. The Bertz CT molecular complexity index is 455. The van der Waals surface area contributed by atoms with E-state index in [9.17, 15) is 4.79 Å². The molecule has 0 spiro atoms. The first-order valence-corrected chi connectivity index (χ1v) is 7.41. The summed E-state index contributed by atoms with van der Waals surface area (Å²) >= 11 is 9.39. The molecule has 0 atom stereocenters. The molecule has 1 N–H and O–H groups in total. The maximum atomic E-state index is 12.1. The standard InChI is InChI=1S/C14H17BrClNO/c1-14(6-2-3-7-14)9-17-13(18)11-8-10(15)4-5-12(11)16/h4-5,8H,2-3,6-7,9H2,1H3,(H,17,18). The minimum Gasteiger partial charge on any atom is -0.351 e. The molecule has 0 aromatic heterocycles. The summed E-state index contributed by atoms with van der Waals surface area (Å²) < 4.78 is 0.865.